The van der Waals surface area contributed by atoms with E-state index in [1.165, 1.54) is 5.56 Å². The summed E-state index contributed by atoms with van der Waals surface area (Å²) in [5.74, 6) is 0.921. The molecule has 1 aromatic rings. The van der Waals surface area contributed by atoms with Crippen molar-refractivity contribution in [2.75, 3.05) is 40.8 Å². The van der Waals surface area contributed by atoms with Crippen molar-refractivity contribution < 1.29 is 4.74 Å². The summed E-state index contributed by atoms with van der Waals surface area (Å²) in [6.07, 6.45) is 0. The Hall–Kier alpha value is -1.06. The molecule has 0 bridgehead atoms. The number of likely N-dealkylation sites (N-methyl/N-ethyl adjacent to an activating group) is 2. The molecule has 0 atom stereocenters. The Balaban J connectivity index is 2.48. The smallest absolute Gasteiger partial charge is 0.118 e. The van der Waals surface area contributed by atoms with E-state index in [0.717, 1.165) is 31.9 Å². The molecule has 1 rings (SSSR count). The minimum atomic E-state index is 0.921. The fourth-order valence-corrected chi connectivity index (χ4v) is 1.68. The lowest BCUT2D eigenvalue weighted by molar-refractivity contribution is 0.244. The van der Waals surface area contributed by atoms with Crippen molar-refractivity contribution >= 4 is 0 Å². The largest absolute Gasteiger partial charge is 0.497 e. The first kappa shape index (κ1) is 14.0. The number of methoxy groups -OCH3 is 1. The zero-order valence-electron chi connectivity index (χ0n) is 11.4. The predicted molar refractivity (Wildman–Crippen MR) is 72.5 cm³/mol. The van der Waals surface area contributed by atoms with Gasteiger partial charge < -0.3 is 9.64 Å². The van der Waals surface area contributed by atoms with Crippen LogP contribution in [0.15, 0.2) is 24.3 Å². The summed E-state index contributed by atoms with van der Waals surface area (Å²) in [4.78, 5) is 4.67. The van der Waals surface area contributed by atoms with Crippen molar-refractivity contribution in [3.05, 3.63) is 29.8 Å². The highest BCUT2D eigenvalue weighted by Crippen LogP contribution is 2.12. The molecule has 17 heavy (non-hydrogen) atoms. The summed E-state index contributed by atoms with van der Waals surface area (Å²) in [7, 11) is 5.92. The molecule has 0 aliphatic heterocycles. The van der Waals surface area contributed by atoms with Gasteiger partial charge in [0.05, 0.1) is 7.11 Å². The van der Waals surface area contributed by atoms with Gasteiger partial charge in [-0.25, -0.2) is 0 Å². The summed E-state index contributed by atoms with van der Waals surface area (Å²) >= 11 is 0. The zero-order valence-corrected chi connectivity index (χ0v) is 11.4. The van der Waals surface area contributed by atoms with Crippen LogP contribution in [0.1, 0.15) is 12.5 Å². The van der Waals surface area contributed by atoms with Gasteiger partial charge in [-0.15, -0.1) is 0 Å². The molecule has 0 saturated carbocycles. The molecule has 0 spiro atoms. The van der Waals surface area contributed by atoms with E-state index < -0.39 is 0 Å². The molecule has 0 aliphatic rings. The fourth-order valence-electron chi connectivity index (χ4n) is 1.68. The van der Waals surface area contributed by atoms with Crippen LogP contribution in [0.5, 0.6) is 5.75 Å². The third-order valence-electron chi connectivity index (χ3n) is 2.88. The monoisotopic (exact) mass is 236 g/mol. The van der Waals surface area contributed by atoms with Gasteiger partial charge in [0.15, 0.2) is 0 Å². The van der Waals surface area contributed by atoms with Crippen LogP contribution >= 0.6 is 0 Å². The van der Waals surface area contributed by atoms with Crippen LogP contribution in [0.25, 0.3) is 0 Å². The van der Waals surface area contributed by atoms with E-state index in [4.69, 9.17) is 4.74 Å². The average Bonchev–Trinajstić information content (AvgIpc) is 2.35. The minimum absolute atomic E-state index is 0.921. The van der Waals surface area contributed by atoms with Gasteiger partial charge in [-0.3, -0.25) is 4.90 Å². The fraction of sp³-hybridized carbons (Fsp3) is 0.571. The lowest BCUT2D eigenvalue weighted by Crippen LogP contribution is -2.31. The van der Waals surface area contributed by atoms with Gasteiger partial charge in [-0.05, 0) is 38.3 Å². The van der Waals surface area contributed by atoms with Crippen LogP contribution < -0.4 is 4.74 Å². The van der Waals surface area contributed by atoms with Gasteiger partial charge in [0, 0.05) is 19.6 Å². The molecule has 0 aliphatic carbocycles. The summed E-state index contributed by atoms with van der Waals surface area (Å²) in [5.41, 5.74) is 1.34. The Labute approximate surface area is 105 Å². The second kappa shape index (κ2) is 7.30. The zero-order chi connectivity index (χ0) is 12.7. The highest BCUT2D eigenvalue weighted by molar-refractivity contribution is 5.27. The highest BCUT2D eigenvalue weighted by atomic mass is 16.5. The first-order valence-corrected chi connectivity index (χ1v) is 6.15. The van der Waals surface area contributed by atoms with Gasteiger partial charge in [0.2, 0.25) is 0 Å². The molecule has 0 saturated heterocycles. The number of rotatable bonds is 7. The van der Waals surface area contributed by atoms with E-state index in [1.807, 2.05) is 12.1 Å². The van der Waals surface area contributed by atoms with Gasteiger partial charge >= 0.3 is 0 Å². The Kier molecular flexibility index (Phi) is 6.01. The highest BCUT2D eigenvalue weighted by Gasteiger charge is 2.04. The molecule has 0 unspecified atom stereocenters. The Morgan fingerprint density at radius 2 is 1.71 bits per heavy atom. The molecule has 0 fully saturated rings. The number of hydrogen-bond acceptors (Lipinski definition) is 3. The third-order valence-corrected chi connectivity index (χ3v) is 2.88. The maximum Gasteiger partial charge on any atom is 0.118 e. The van der Waals surface area contributed by atoms with E-state index in [9.17, 15) is 0 Å². The number of ether oxygens (including phenoxy) is 1. The first-order chi connectivity index (χ1) is 8.15. The van der Waals surface area contributed by atoms with Crippen LogP contribution in [-0.2, 0) is 6.54 Å². The van der Waals surface area contributed by atoms with Gasteiger partial charge in [-0.2, -0.15) is 0 Å². The topological polar surface area (TPSA) is 15.7 Å². The summed E-state index contributed by atoms with van der Waals surface area (Å²) in [6.45, 7) is 6.51. The van der Waals surface area contributed by atoms with Gasteiger partial charge in [-0.1, -0.05) is 19.1 Å². The van der Waals surface area contributed by atoms with E-state index in [0.29, 0.717) is 0 Å². The van der Waals surface area contributed by atoms with Gasteiger partial charge in [0.1, 0.15) is 5.75 Å². The second-order valence-electron chi connectivity index (χ2n) is 4.52. The van der Waals surface area contributed by atoms with Crippen LogP contribution in [0.3, 0.4) is 0 Å². The Bertz CT molecular complexity index is 309. The van der Waals surface area contributed by atoms with Crippen LogP contribution in [0.4, 0.5) is 0 Å². The standard InChI is InChI=1S/C14H24N2O/c1-5-16(11-10-15(2)3)12-13-6-8-14(17-4)9-7-13/h6-9H,5,10-12H2,1-4H3. The van der Waals surface area contributed by atoms with Crippen LogP contribution in [0.2, 0.25) is 0 Å². The van der Waals surface area contributed by atoms with E-state index in [-0.39, 0.29) is 0 Å². The SMILES string of the molecule is CCN(CCN(C)C)Cc1ccc(OC)cc1. The molecule has 0 aromatic heterocycles. The van der Waals surface area contributed by atoms with Crippen molar-refractivity contribution in [2.45, 2.75) is 13.5 Å². The van der Waals surface area contributed by atoms with E-state index in [1.54, 1.807) is 7.11 Å². The average molecular weight is 236 g/mol. The maximum absolute atomic E-state index is 5.16. The molecule has 0 radical (unpaired) electrons. The molecule has 3 nitrogen and oxygen atoms in total. The number of benzene rings is 1. The predicted octanol–water partition coefficient (Wildman–Crippen LogP) is 2.08. The van der Waals surface area contributed by atoms with Crippen LogP contribution in [0, 0.1) is 0 Å². The van der Waals surface area contributed by atoms with Crippen molar-refractivity contribution in [1.82, 2.24) is 9.80 Å². The number of nitrogens with zero attached hydrogens (tertiary/aromatic N) is 2. The quantitative estimate of drug-likeness (QED) is 0.721. The molecule has 0 N–H and O–H groups in total. The van der Waals surface area contributed by atoms with Crippen molar-refractivity contribution in [3.8, 4) is 5.75 Å². The molecule has 3 heteroatoms. The van der Waals surface area contributed by atoms with E-state index in [2.05, 4.69) is 43.0 Å². The summed E-state index contributed by atoms with van der Waals surface area (Å²) in [5, 5.41) is 0. The Morgan fingerprint density at radius 3 is 2.18 bits per heavy atom. The number of hydrogen-bond donors (Lipinski definition) is 0. The molecular weight excluding hydrogens is 212 g/mol. The summed E-state index contributed by atoms with van der Waals surface area (Å²) < 4.78 is 5.16. The van der Waals surface area contributed by atoms with E-state index >= 15 is 0 Å². The van der Waals surface area contributed by atoms with Gasteiger partial charge in [0.25, 0.3) is 0 Å². The first-order valence-electron chi connectivity index (χ1n) is 6.15. The normalized spacial score (nSPS) is 11.2. The Morgan fingerprint density at radius 1 is 1.06 bits per heavy atom. The summed E-state index contributed by atoms with van der Waals surface area (Å²) in [6, 6.07) is 8.32. The third kappa shape index (κ3) is 5.20. The van der Waals surface area contributed by atoms with Crippen molar-refractivity contribution in [3.63, 3.8) is 0 Å². The molecule has 0 heterocycles. The minimum Gasteiger partial charge on any atom is -0.497 e. The van der Waals surface area contributed by atoms with Crippen LogP contribution in [-0.4, -0.2) is 50.6 Å². The molecular formula is C14H24N2O. The lowest BCUT2D eigenvalue weighted by Gasteiger charge is -2.22. The van der Waals surface area contributed by atoms with Crippen molar-refractivity contribution in [1.29, 1.82) is 0 Å². The lowest BCUT2D eigenvalue weighted by atomic mass is 10.2. The molecule has 96 valence electrons. The second-order valence-corrected chi connectivity index (χ2v) is 4.52. The van der Waals surface area contributed by atoms with Crippen molar-refractivity contribution in [2.24, 2.45) is 0 Å². The molecule has 0 amide bonds. The maximum atomic E-state index is 5.16. The molecule has 1 aromatic carbocycles.